The minimum atomic E-state index is -0.130. The molecular formula is C12H26N2. The zero-order valence-electron chi connectivity index (χ0n) is 9.97. The number of hydrogen-bond donors (Lipinski definition) is 2. The van der Waals surface area contributed by atoms with Crippen molar-refractivity contribution in [1.29, 1.82) is 0 Å². The van der Waals surface area contributed by atoms with Crippen LogP contribution in [0.1, 0.15) is 59.3 Å². The van der Waals surface area contributed by atoms with Crippen LogP contribution in [0.3, 0.4) is 0 Å². The maximum Gasteiger partial charge on any atom is 0.0362 e. The molecule has 0 aromatic carbocycles. The maximum atomic E-state index is 6.58. The first-order chi connectivity index (χ1) is 6.50. The van der Waals surface area contributed by atoms with Crippen LogP contribution in [-0.4, -0.2) is 11.6 Å². The van der Waals surface area contributed by atoms with Crippen molar-refractivity contribution in [2.75, 3.05) is 0 Å². The first-order valence-corrected chi connectivity index (χ1v) is 6.04. The molecule has 4 N–H and O–H groups in total. The zero-order valence-corrected chi connectivity index (χ0v) is 9.97. The topological polar surface area (TPSA) is 52.0 Å². The highest BCUT2D eigenvalue weighted by atomic mass is 14.9. The second-order valence-electron chi connectivity index (χ2n) is 5.16. The highest BCUT2D eigenvalue weighted by molar-refractivity contribution is 5.07. The largest absolute Gasteiger partial charge is 0.326 e. The van der Waals surface area contributed by atoms with Crippen LogP contribution in [0.2, 0.25) is 0 Å². The molecule has 0 amide bonds. The second kappa shape index (κ2) is 4.19. The molecule has 2 atom stereocenters. The van der Waals surface area contributed by atoms with Crippen molar-refractivity contribution in [3.8, 4) is 0 Å². The maximum absolute atomic E-state index is 6.58. The quantitative estimate of drug-likeness (QED) is 0.731. The molecule has 2 heteroatoms. The van der Waals surface area contributed by atoms with Gasteiger partial charge in [0.05, 0.1) is 0 Å². The van der Waals surface area contributed by atoms with Crippen LogP contribution in [0.15, 0.2) is 0 Å². The Balaban J connectivity index is 2.89. The lowest BCUT2D eigenvalue weighted by Crippen LogP contribution is -2.65. The van der Waals surface area contributed by atoms with Gasteiger partial charge in [0.15, 0.2) is 0 Å². The molecule has 0 heterocycles. The minimum Gasteiger partial charge on any atom is -0.326 e. The summed E-state index contributed by atoms with van der Waals surface area (Å²) in [4.78, 5) is 0. The molecule has 0 bridgehead atoms. The summed E-state index contributed by atoms with van der Waals surface area (Å²) in [6.07, 6.45) is 6.98. The van der Waals surface area contributed by atoms with E-state index in [0.29, 0.717) is 0 Å². The van der Waals surface area contributed by atoms with E-state index in [2.05, 4.69) is 20.8 Å². The van der Waals surface area contributed by atoms with Gasteiger partial charge in [0.2, 0.25) is 0 Å². The summed E-state index contributed by atoms with van der Waals surface area (Å²) in [5.41, 5.74) is 12.9. The standard InChI is InChI=1S/C12H26N2/c1-4-11(3,5-2)12(14)9-7-6-8-10(12)13/h10H,4-9,13-14H2,1-3H3. The summed E-state index contributed by atoms with van der Waals surface area (Å²) in [6.45, 7) is 6.77. The van der Waals surface area contributed by atoms with E-state index in [4.69, 9.17) is 11.5 Å². The van der Waals surface area contributed by atoms with Crippen molar-refractivity contribution in [3.63, 3.8) is 0 Å². The van der Waals surface area contributed by atoms with Crippen molar-refractivity contribution < 1.29 is 0 Å². The van der Waals surface area contributed by atoms with Crippen LogP contribution in [0.25, 0.3) is 0 Å². The molecule has 0 saturated heterocycles. The third-order valence-electron chi connectivity index (χ3n) is 4.70. The van der Waals surface area contributed by atoms with Crippen molar-refractivity contribution in [3.05, 3.63) is 0 Å². The molecule has 2 nitrogen and oxygen atoms in total. The first kappa shape index (κ1) is 12.0. The molecule has 1 rings (SSSR count). The highest BCUT2D eigenvalue weighted by Gasteiger charge is 2.47. The average Bonchev–Trinajstić information content (AvgIpc) is 2.21. The predicted octanol–water partition coefficient (Wildman–Crippen LogP) is 2.41. The summed E-state index contributed by atoms with van der Waals surface area (Å²) in [5.74, 6) is 0. The Morgan fingerprint density at radius 2 is 1.86 bits per heavy atom. The van der Waals surface area contributed by atoms with Crippen LogP contribution < -0.4 is 11.5 Å². The van der Waals surface area contributed by atoms with E-state index in [0.717, 1.165) is 25.7 Å². The Labute approximate surface area is 88.4 Å². The van der Waals surface area contributed by atoms with Crippen molar-refractivity contribution >= 4 is 0 Å². The normalized spacial score (nSPS) is 34.5. The van der Waals surface area contributed by atoms with E-state index >= 15 is 0 Å². The van der Waals surface area contributed by atoms with Crippen molar-refractivity contribution in [2.24, 2.45) is 16.9 Å². The fourth-order valence-electron chi connectivity index (χ4n) is 2.88. The summed E-state index contributed by atoms with van der Waals surface area (Å²) in [7, 11) is 0. The number of nitrogens with two attached hydrogens (primary N) is 2. The molecule has 1 aliphatic carbocycles. The SMILES string of the molecule is CCC(C)(CC)C1(N)CCCCC1N. The molecule has 14 heavy (non-hydrogen) atoms. The van der Waals surface area contributed by atoms with Crippen LogP contribution in [0.5, 0.6) is 0 Å². The van der Waals surface area contributed by atoms with E-state index in [1.165, 1.54) is 12.8 Å². The molecule has 0 radical (unpaired) electrons. The van der Waals surface area contributed by atoms with Gasteiger partial charge in [-0.2, -0.15) is 0 Å². The van der Waals surface area contributed by atoms with Gasteiger partial charge in [-0.1, -0.05) is 33.6 Å². The Morgan fingerprint density at radius 3 is 2.29 bits per heavy atom. The van der Waals surface area contributed by atoms with Gasteiger partial charge >= 0.3 is 0 Å². The molecule has 1 aliphatic rings. The predicted molar refractivity (Wildman–Crippen MR) is 62.1 cm³/mol. The van der Waals surface area contributed by atoms with Crippen LogP contribution in [-0.2, 0) is 0 Å². The smallest absolute Gasteiger partial charge is 0.0362 e. The summed E-state index contributed by atoms with van der Waals surface area (Å²) < 4.78 is 0. The van der Waals surface area contributed by atoms with E-state index in [9.17, 15) is 0 Å². The Hall–Kier alpha value is -0.0800. The van der Waals surface area contributed by atoms with E-state index in [1.807, 2.05) is 0 Å². The molecule has 0 spiro atoms. The third kappa shape index (κ3) is 1.70. The molecule has 84 valence electrons. The summed E-state index contributed by atoms with van der Waals surface area (Å²) in [5, 5.41) is 0. The van der Waals surface area contributed by atoms with Gasteiger partial charge in [-0.15, -0.1) is 0 Å². The van der Waals surface area contributed by atoms with E-state index in [-0.39, 0.29) is 17.0 Å². The average molecular weight is 198 g/mol. The van der Waals surface area contributed by atoms with E-state index < -0.39 is 0 Å². The molecule has 2 unspecified atom stereocenters. The van der Waals surface area contributed by atoms with Crippen molar-refractivity contribution in [1.82, 2.24) is 0 Å². The van der Waals surface area contributed by atoms with Crippen LogP contribution >= 0.6 is 0 Å². The zero-order chi connectivity index (χ0) is 10.8. The Kier molecular flexibility index (Phi) is 3.59. The lowest BCUT2D eigenvalue weighted by atomic mass is 9.59. The van der Waals surface area contributed by atoms with Gasteiger partial charge in [-0.25, -0.2) is 0 Å². The number of rotatable bonds is 3. The molecular weight excluding hydrogens is 172 g/mol. The summed E-state index contributed by atoms with van der Waals surface area (Å²) in [6, 6.07) is 0.196. The van der Waals surface area contributed by atoms with Gasteiger partial charge < -0.3 is 11.5 Å². The van der Waals surface area contributed by atoms with E-state index in [1.54, 1.807) is 0 Å². The van der Waals surface area contributed by atoms with Gasteiger partial charge in [0.25, 0.3) is 0 Å². The molecule has 1 fully saturated rings. The molecule has 0 aromatic heterocycles. The highest BCUT2D eigenvalue weighted by Crippen LogP contribution is 2.44. The van der Waals surface area contributed by atoms with Crippen LogP contribution in [0.4, 0.5) is 0 Å². The van der Waals surface area contributed by atoms with Gasteiger partial charge in [-0.3, -0.25) is 0 Å². The Bertz CT molecular complexity index is 187. The monoisotopic (exact) mass is 198 g/mol. The third-order valence-corrected chi connectivity index (χ3v) is 4.70. The van der Waals surface area contributed by atoms with Gasteiger partial charge in [-0.05, 0) is 31.1 Å². The lowest BCUT2D eigenvalue weighted by molar-refractivity contribution is 0.0676. The van der Waals surface area contributed by atoms with Crippen molar-refractivity contribution in [2.45, 2.75) is 70.9 Å². The molecule has 0 aromatic rings. The van der Waals surface area contributed by atoms with Gasteiger partial charge in [0, 0.05) is 11.6 Å². The molecule has 1 saturated carbocycles. The summed E-state index contributed by atoms with van der Waals surface area (Å²) >= 11 is 0. The number of hydrogen-bond acceptors (Lipinski definition) is 2. The fourth-order valence-corrected chi connectivity index (χ4v) is 2.88. The first-order valence-electron chi connectivity index (χ1n) is 6.04. The lowest BCUT2D eigenvalue weighted by Gasteiger charge is -2.51. The molecule has 0 aliphatic heterocycles. The van der Waals surface area contributed by atoms with Crippen LogP contribution in [0, 0.1) is 5.41 Å². The second-order valence-corrected chi connectivity index (χ2v) is 5.16. The minimum absolute atomic E-state index is 0.130. The van der Waals surface area contributed by atoms with Gasteiger partial charge in [0.1, 0.15) is 0 Å². The Morgan fingerprint density at radius 1 is 1.29 bits per heavy atom. The fraction of sp³-hybridized carbons (Fsp3) is 1.00.